The molecule has 0 aliphatic carbocycles. The second kappa shape index (κ2) is 7.63. The predicted octanol–water partition coefficient (Wildman–Crippen LogP) is 0.899. The van der Waals surface area contributed by atoms with E-state index in [2.05, 4.69) is 24.5 Å². The fraction of sp³-hybridized carbons (Fsp3) is 0.917. The molecule has 0 aromatic carbocycles. The Labute approximate surface area is 98.8 Å². The van der Waals surface area contributed by atoms with Crippen LogP contribution in [0.5, 0.6) is 0 Å². The van der Waals surface area contributed by atoms with Gasteiger partial charge in [-0.2, -0.15) is 0 Å². The summed E-state index contributed by atoms with van der Waals surface area (Å²) in [6, 6.07) is 0. The molecular weight excluding hydrogens is 204 g/mol. The van der Waals surface area contributed by atoms with E-state index in [4.69, 9.17) is 5.11 Å². The normalized spacial score (nSPS) is 13.6. The molecule has 1 unspecified atom stereocenters. The summed E-state index contributed by atoms with van der Waals surface area (Å²) in [6.45, 7) is 9.45. The Kier molecular flexibility index (Phi) is 7.34. The lowest BCUT2D eigenvalue weighted by molar-refractivity contribution is -0.121. The minimum atomic E-state index is -0.129. The second-order valence-corrected chi connectivity index (χ2v) is 5.03. The van der Waals surface area contributed by atoms with Crippen LogP contribution in [0.25, 0.3) is 0 Å². The van der Waals surface area contributed by atoms with Crippen molar-refractivity contribution in [2.45, 2.75) is 46.1 Å². The molecule has 0 saturated carbocycles. The van der Waals surface area contributed by atoms with Gasteiger partial charge in [-0.3, -0.25) is 4.79 Å². The maximum absolute atomic E-state index is 11.5. The molecule has 0 spiro atoms. The summed E-state index contributed by atoms with van der Waals surface area (Å²) in [5.41, 5.74) is -0.129. The molecule has 0 rings (SSSR count). The molecule has 0 aliphatic heterocycles. The van der Waals surface area contributed by atoms with Gasteiger partial charge in [-0.25, -0.2) is 0 Å². The summed E-state index contributed by atoms with van der Waals surface area (Å²) in [5, 5.41) is 14.8. The molecule has 96 valence electrons. The molecule has 3 N–H and O–H groups in total. The average Bonchev–Trinajstić information content (AvgIpc) is 2.17. The van der Waals surface area contributed by atoms with Crippen molar-refractivity contribution in [1.29, 1.82) is 0 Å². The Morgan fingerprint density at radius 1 is 1.44 bits per heavy atom. The van der Waals surface area contributed by atoms with Gasteiger partial charge >= 0.3 is 0 Å². The SMILES string of the molecule is CCC(C)(C)NC(=O)CNCC(C)CCO. The zero-order chi connectivity index (χ0) is 12.6. The van der Waals surface area contributed by atoms with Gasteiger partial charge in [0.25, 0.3) is 0 Å². The Hall–Kier alpha value is -0.610. The van der Waals surface area contributed by atoms with Crippen molar-refractivity contribution in [2.24, 2.45) is 5.92 Å². The molecule has 0 aromatic heterocycles. The van der Waals surface area contributed by atoms with E-state index in [-0.39, 0.29) is 18.1 Å². The highest BCUT2D eigenvalue weighted by Crippen LogP contribution is 2.05. The van der Waals surface area contributed by atoms with Crippen molar-refractivity contribution in [3.8, 4) is 0 Å². The third kappa shape index (κ3) is 7.65. The molecule has 0 fully saturated rings. The summed E-state index contributed by atoms with van der Waals surface area (Å²) >= 11 is 0. The van der Waals surface area contributed by atoms with Gasteiger partial charge in [0.15, 0.2) is 0 Å². The van der Waals surface area contributed by atoms with E-state index in [1.807, 2.05) is 13.8 Å². The van der Waals surface area contributed by atoms with Crippen molar-refractivity contribution in [2.75, 3.05) is 19.7 Å². The van der Waals surface area contributed by atoms with Gasteiger partial charge in [0.05, 0.1) is 6.54 Å². The largest absolute Gasteiger partial charge is 0.396 e. The van der Waals surface area contributed by atoms with Crippen LogP contribution in [-0.2, 0) is 4.79 Å². The number of aliphatic hydroxyl groups is 1. The minimum absolute atomic E-state index is 0.0306. The van der Waals surface area contributed by atoms with Crippen LogP contribution in [0.15, 0.2) is 0 Å². The van der Waals surface area contributed by atoms with Crippen LogP contribution in [0.2, 0.25) is 0 Å². The molecule has 0 aromatic rings. The smallest absolute Gasteiger partial charge is 0.234 e. The molecule has 16 heavy (non-hydrogen) atoms. The lowest BCUT2D eigenvalue weighted by Crippen LogP contribution is -2.46. The number of amides is 1. The molecule has 0 heterocycles. The topological polar surface area (TPSA) is 61.4 Å². The third-order valence-corrected chi connectivity index (χ3v) is 2.76. The number of carbonyl (C=O) groups excluding carboxylic acids is 1. The molecule has 4 heteroatoms. The molecular formula is C12H26N2O2. The van der Waals surface area contributed by atoms with Crippen molar-refractivity contribution < 1.29 is 9.90 Å². The van der Waals surface area contributed by atoms with Gasteiger partial charge in [0.1, 0.15) is 0 Å². The van der Waals surface area contributed by atoms with E-state index < -0.39 is 0 Å². The molecule has 0 radical (unpaired) electrons. The standard InChI is InChI=1S/C12H26N2O2/c1-5-12(3,4)14-11(16)9-13-8-10(2)6-7-15/h10,13,15H,5-9H2,1-4H3,(H,14,16). The zero-order valence-electron chi connectivity index (χ0n) is 11.0. The second-order valence-electron chi connectivity index (χ2n) is 5.03. The Bertz CT molecular complexity index is 205. The Morgan fingerprint density at radius 3 is 2.56 bits per heavy atom. The molecule has 1 atom stereocenters. The Balaban J connectivity index is 3.66. The van der Waals surface area contributed by atoms with Crippen LogP contribution in [0.1, 0.15) is 40.5 Å². The average molecular weight is 230 g/mol. The van der Waals surface area contributed by atoms with E-state index in [1.54, 1.807) is 0 Å². The van der Waals surface area contributed by atoms with Crippen molar-refractivity contribution in [3.63, 3.8) is 0 Å². The number of hydrogen-bond donors (Lipinski definition) is 3. The highest BCUT2D eigenvalue weighted by Gasteiger charge is 2.17. The van der Waals surface area contributed by atoms with Gasteiger partial charge in [-0.05, 0) is 39.2 Å². The van der Waals surface area contributed by atoms with Crippen molar-refractivity contribution in [3.05, 3.63) is 0 Å². The number of carbonyl (C=O) groups is 1. The molecule has 4 nitrogen and oxygen atoms in total. The van der Waals surface area contributed by atoms with Crippen LogP contribution in [0.3, 0.4) is 0 Å². The first-order valence-electron chi connectivity index (χ1n) is 6.04. The fourth-order valence-electron chi connectivity index (χ4n) is 1.26. The molecule has 0 aliphatic rings. The summed E-state index contributed by atoms with van der Waals surface area (Å²) in [4.78, 5) is 11.5. The molecule has 0 bridgehead atoms. The van der Waals surface area contributed by atoms with E-state index in [1.165, 1.54) is 0 Å². The molecule has 0 saturated heterocycles. The first-order chi connectivity index (χ1) is 7.41. The van der Waals surface area contributed by atoms with Crippen LogP contribution < -0.4 is 10.6 Å². The van der Waals surface area contributed by atoms with Gasteiger partial charge in [-0.15, -0.1) is 0 Å². The third-order valence-electron chi connectivity index (χ3n) is 2.76. The van der Waals surface area contributed by atoms with Crippen LogP contribution in [0.4, 0.5) is 0 Å². The number of rotatable bonds is 8. The monoisotopic (exact) mass is 230 g/mol. The highest BCUT2D eigenvalue weighted by molar-refractivity contribution is 5.78. The summed E-state index contributed by atoms with van der Waals surface area (Å²) in [7, 11) is 0. The van der Waals surface area contributed by atoms with Crippen LogP contribution in [-0.4, -0.2) is 36.2 Å². The predicted molar refractivity (Wildman–Crippen MR) is 66.2 cm³/mol. The van der Waals surface area contributed by atoms with E-state index >= 15 is 0 Å². The van der Waals surface area contributed by atoms with E-state index in [0.717, 1.165) is 19.4 Å². The van der Waals surface area contributed by atoms with Gasteiger partial charge in [-0.1, -0.05) is 13.8 Å². The van der Waals surface area contributed by atoms with Crippen molar-refractivity contribution >= 4 is 5.91 Å². The first-order valence-corrected chi connectivity index (χ1v) is 6.04. The van der Waals surface area contributed by atoms with Crippen LogP contribution >= 0.6 is 0 Å². The minimum Gasteiger partial charge on any atom is -0.396 e. The van der Waals surface area contributed by atoms with Crippen molar-refractivity contribution in [1.82, 2.24) is 10.6 Å². The van der Waals surface area contributed by atoms with Gasteiger partial charge in [0.2, 0.25) is 5.91 Å². The maximum atomic E-state index is 11.5. The Morgan fingerprint density at radius 2 is 2.06 bits per heavy atom. The molecule has 1 amide bonds. The lowest BCUT2D eigenvalue weighted by atomic mass is 10.0. The fourth-order valence-corrected chi connectivity index (χ4v) is 1.26. The van der Waals surface area contributed by atoms with E-state index in [0.29, 0.717) is 12.5 Å². The highest BCUT2D eigenvalue weighted by atomic mass is 16.3. The van der Waals surface area contributed by atoms with E-state index in [9.17, 15) is 4.79 Å². The summed E-state index contributed by atoms with van der Waals surface area (Å²) in [5.74, 6) is 0.431. The quantitative estimate of drug-likeness (QED) is 0.580. The number of aliphatic hydroxyl groups excluding tert-OH is 1. The number of nitrogens with one attached hydrogen (secondary N) is 2. The lowest BCUT2D eigenvalue weighted by Gasteiger charge is -2.24. The summed E-state index contributed by atoms with van der Waals surface area (Å²) in [6.07, 6.45) is 1.69. The zero-order valence-corrected chi connectivity index (χ0v) is 11.0. The first kappa shape index (κ1) is 15.4. The van der Waals surface area contributed by atoms with Gasteiger partial charge < -0.3 is 15.7 Å². The number of hydrogen-bond acceptors (Lipinski definition) is 3. The van der Waals surface area contributed by atoms with Crippen LogP contribution in [0, 0.1) is 5.92 Å². The van der Waals surface area contributed by atoms with Gasteiger partial charge in [0, 0.05) is 12.1 Å². The summed E-state index contributed by atoms with van der Waals surface area (Å²) < 4.78 is 0. The maximum Gasteiger partial charge on any atom is 0.234 e.